The number of carbonyl (C=O) groups is 1. The van der Waals surface area contributed by atoms with Gasteiger partial charge < -0.3 is 15.1 Å². The van der Waals surface area contributed by atoms with Crippen LogP contribution in [-0.4, -0.2) is 29.9 Å². The van der Waals surface area contributed by atoms with Gasteiger partial charge in [-0.05, 0) is 17.9 Å². The summed E-state index contributed by atoms with van der Waals surface area (Å²) in [5.41, 5.74) is 6.65. The third kappa shape index (κ3) is 1.97. The Balaban J connectivity index is 2.06. The van der Waals surface area contributed by atoms with Crippen molar-refractivity contribution < 1.29 is 9.21 Å². The van der Waals surface area contributed by atoms with Crippen LogP contribution < -0.4 is 5.73 Å². The molecule has 1 aliphatic heterocycles. The fourth-order valence-corrected chi connectivity index (χ4v) is 2.29. The molecule has 1 aromatic rings. The van der Waals surface area contributed by atoms with Gasteiger partial charge in [0.2, 0.25) is 0 Å². The summed E-state index contributed by atoms with van der Waals surface area (Å²) in [4.78, 5) is 13.9. The molecule has 0 saturated carbocycles. The summed E-state index contributed by atoms with van der Waals surface area (Å²) in [6.45, 7) is 5.70. The summed E-state index contributed by atoms with van der Waals surface area (Å²) in [5, 5.41) is 0. The van der Waals surface area contributed by atoms with Gasteiger partial charge in [0, 0.05) is 19.1 Å². The van der Waals surface area contributed by atoms with Gasteiger partial charge in [0.05, 0.1) is 11.8 Å². The Morgan fingerprint density at radius 2 is 2.31 bits per heavy atom. The molecule has 2 heterocycles. The quantitative estimate of drug-likeness (QED) is 0.821. The van der Waals surface area contributed by atoms with Gasteiger partial charge in [0.25, 0.3) is 5.91 Å². The number of furan rings is 1. The van der Waals surface area contributed by atoms with Crippen LogP contribution in [0.1, 0.15) is 24.2 Å². The van der Waals surface area contributed by atoms with E-state index in [2.05, 4.69) is 13.8 Å². The van der Waals surface area contributed by atoms with Crippen molar-refractivity contribution in [2.45, 2.75) is 19.9 Å². The Hall–Kier alpha value is -1.29. The molecule has 2 rings (SSSR count). The molecule has 0 bridgehead atoms. The zero-order valence-electron chi connectivity index (χ0n) is 9.72. The van der Waals surface area contributed by atoms with E-state index in [1.807, 2.05) is 4.90 Å². The lowest BCUT2D eigenvalue weighted by Crippen LogP contribution is -2.33. The molecule has 1 saturated heterocycles. The molecule has 2 atom stereocenters. The van der Waals surface area contributed by atoms with Gasteiger partial charge in [0.1, 0.15) is 6.26 Å². The molecule has 0 unspecified atom stereocenters. The highest BCUT2D eigenvalue weighted by molar-refractivity contribution is 5.94. The number of hydrogen-bond acceptors (Lipinski definition) is 3. The normalized spacial score (nSPS) is 25.4. The predicted octanol–water partition coefficient (Wildman–Crippen LogP) is 1.33. The van der Waals surface area contributed by atoms with E-state index in [0.29, 0.717) is 23.9 Å². The Kier molecular flexibility index (Phi) is 3.01. The van der Waals surface area contributed by atoms with Crippen molar-refractivity contribution in [3.63, 3.8) is 0 Å². The van der Waals surface area contributed by atoms with Crippen LogP contribution in [0.5, 0.6) is 0 Å². The van der Waals surface area contributed by atoms with Gasteiger partial charge in [-0.2, -0.15) is 0 Å². The molecule has 1 aliphatic rings. The van der Waals surface area contributed by atoms with E-state index in [0.717, 1.165) is 6.54 Å². The van der Waals surface area contributed by atoms with E-state index < -0.39 is 0 Å². The van der Waals surface area contributed by atoms with Gasteiger partial charge in [-0.15, -0.1) is 0 Å². The average molecular weight is 222 g/mol. The van der Waals surface area contributed by atoms with Crippen LogP contribution in [0.25, 0.3) is 0 Å². The first kappa shape index (κ1) is 11.2. The van der Waals surface area contributed by atoms with Crippen LogP contribution in [0.15, 0.2) is 23.0 Å². The SMILES string of the molecule is CC(C)[C@H]1CN(C(=O)c2ccoc2)C[C@@H]1N. The minimum absolute atomic E-state index is 0.0207. The first-order valence-electron chi connectivity index (χ1n) is 5.66. The molecule has 1 amide bonds. The van der Waals surface area contributed by atoms with Gasteiger partial charge in [0.15, 0.2) is 0 Å². The predicted molar refractivity (Wildman–Crippen MR) is 60.9 cm³/mol. The molecule has 1 fully saturated rings. The van der Waals surface area contributed by atoms with Crippen LogP contribution in [0.4, 0.5) is 0 Å². The molecule has 1 aromatic heterocycles. The van der Waals surface area contributed by atoms with Crippen molar-refractivity contribution in [3.8, 4) is 0 Å². The third-order valence-electron chi connectivity index (χ3n) is 3.32. The number of likely N-dealkylation sites (tertiary alicyclic amines) is 1. The second-order valence-corrected chi connectivity index (χ2v) is 4.79. The maximum atomic E-state index is 12.0. The Labute approximate surface area is 95.4 Å². The maximum absolute atomic E-state index is 12.0. The smallest absolute Gasteiger partial charge is 0.257 e. The molecule has 0 aliphatic carbocycles. The topological polar surface area (TPSA) is 59.5 Å². The van der Waals surface area contributed by atoms with Crippen LogP contribution in [0, 0.1) is 11.8 Å². The Morgan fingerprint density at radius 3 is 2.81 bits per heavy atom. The molecule has 0 aromatic carbocycles. The van der Waals surface area contributed by atoms with E-state index >= 15 is 0 Å². The summed E-state index contributed by atoms with van der Waals surface area (Å²) in [5.74, 6) is 0.931. The fraction of sp³-hybridized carbons (Fsp3) is 0.583. The summed E-state index contributed by atoms with van der Waals surface area (Å²) in [7, 11) is 0. The second-order valence-electron chi connectivity index (χ2n) is 4.79. The lowest BCUT2D eigenvalue weighted by atomic mass is 9.92. The largest absolute Gasteiger partial charge is 0.472 e. The van der Waals surface area contributed by atoms with E-state index in [1.165, 1.54) is 12.5 Å². The van der Waals surface area contributed by atoms with E-state index in [1.54, 1.807) is 6.07 Å². The number of nitrogens with two attached hydrogens (primary N) is 1. The van der Waals surface area contributed by atoms with Gasteiger partial charge >= 0.3 is 0 Å². The molecule has 0 spiro atoms. The Morgan fingerprint density at radius 1 is 1.56 bits per heavy atom. The van der Waals surface area contributed by atoms with Crippen molar-refractivity contribution in [1.82, 2.24) is 4.90 Å². The van der Waals surface area contributed by atoms with Crippen LogP contribution in [-0.2, 0) is 0 Å². The summed E-state index contributed by atoms with van der Waals surface area (Å²) in [6, 6.07) is 1.78. The van der Waals surface area contributed by atoms with Crippen molar-refractivity contribution in [2.24, 2.45) is 17.6 Å². The highest BCUT2D eigenvalue weighted by Crippen LogP contribution is 2.24. The maximum Gasteiger partial charge on any atom is 0.257 e. The minimum atomic E-state index is 0.0207. The first-order valence-corrected chi connectivity index (χ1v) is 5.66. The van der Waals surface area contributed by atoms with Gasteiger partial charge in [-0.25, -0.2) is 0 Å². The number of amides is 1. The zero-order valence-corrected chi connectivity index (χ0v) is 9.72. The Bertz CT molecular complexity index is 359. The van der Waals surface area contributed by atoms with Gasteiger partial charge in [-0.1, -0.05) is 13.8 Å². The molecule has 88 valence electrons. The molecular weight excluding hydrogens is 204 g/mol. The zero-order chi connectivity index (χ0) is 11.7. The number of carbonyl (C=O) groups excluding carboxylic acids is 1. The van der Waals surface area contributed by atoms with Gasteiger partial charge in [-0.3, -0.25) is 4.79 Å². The van der Waals surface area contributed by atoms with Crippen molar-refractivity contribution in [1.29, 1.82) is 0 Å². The van der Waals surface area contributed by atoms with Crippen molar-refractivity contribution >= 4 is 5.91 Å². The van der Waals surface area contributed by atoms with Crippen LogP contribution >= 0.6 is 0 Å². The van der Waals surface area contributed by atoms with Crippen molar-refractivity contribution in [3.05, 3.63) is 24.2 Å². The number of nitrogens with zero attached hydrogens (tertiary/aromatic N) is 1. The lowest BCUT2D eigenvalue weighted by molar-refractivity contribution is 0.0782. The molecule has 2 N–H and O–H groups in total. The van der Waals surface area contributed by atoms with E-state index in [4.69, 9.17) is 10.2 Å². The highest BCUT2D eigenvalue weighted by Gasteiger charge is 2.34. The average Bonchev–Trinajstić information content (AvgIpc) is 2.84. The number of rotatable bonds is 2. The van der Waals surface area contributed by atoms with E-state index in [-0.39, 0.29) is 11.9 Å². The monoisotopic (exact) mass is 222 g/mol. The first-order chi connectivity index (χ1) is 7.59. The fourth-order valence-electron chi connectivity index (χ4n) is 2.29. The molecule has 16 heavy (non-hydrogen) atoms. The lowest BCUT2D eigenvalue weighted by Gasteiger charge is -2.18. The summed E-state index contributed by atoms with van der Waals surface area (Å²) < 4.78 is 4.92. The standard InChI is InChI=1S/C12H18N2O2/c1-8(2)10-5-14(6-11(10)13)12(15)9-3-4-16-7-9/h3-4,7-8,10-11H,5-6,13H2,1-2H3/t10-,11+/m1/s1. The number of hydrogen-bond donors (Lipinski definition) is 1. The molecule has 4 nitrogen and oxygen atoms in total. The highest BCUT2D eigenvalue weighted by atomic mass is 16.3. The summed E-state index contributed by atoms with van der Waals surface area (Å²) >= 11 is 0. The molecule has 4 heteroatoms. The second kappa shape index (κ2) is 4.29. The minimum Gasteiger partial charge on any atom is -0.472 e. The van der Waals surface area contributed by atoms with Crippen LogP contribution in [0.2, 0.25) is 0 Å². The van der Waals surface area contributed by atoms with Crippen molar-refractivity contribution in [2.75, 3.05) is 13.1 Å². The van der Waals surface area contributed by atoms with Crippen LogP contribution in [0.3, 0.4) is 0 Å². The summed E-state index contributed by atoms with van der Waals surface area (Å²) in [6.07, 6.45) is 3.00. The van der Waals surface area contributed by atoms with E-state index in [9.17, 15) is 4.79 Å². The molecule has 0 radical (unpaired) electrons. The third-order valence-corrected chi connectivity index (χ3v) is 3.32. The molecular formula is C12H18N2O2.